The molecule has 0 saturated heterocycles. The Morgan fingerprint density at radius 2 is 2.42 bits per heavy atom. The maximum absolute atomic E-state index is 8.25. The van der Waals surface area contributed by atoms with Crippen LogP contribution in [0.3, 0.4) is 0 Å². The van der Waals surface area contributed by atoms with E-state index in [2.05, 4.69) is 26.1 Å². The standard InChI is InChI=1S/C7H7BrN2O2/c1-12-6-2-5(4-9-11)10-7(8)3-6/h2-4,11H,1H3/b9-4+. The van der Waals surface area contributed by atoms with Crippen LogP contribution in [0, 0.1) is 0 Å². The largest absolute Gasteiger partial charge is 0.497 e. The van der Waals surface area contributed by atoms with Gasteiger partial charge < -0.3 is 9.94 Å². The van der Waals surface area contributed by atoms with Gasteiger partial charge in [0.05, 0.1) is 19.0 Å². The van der Waals surface area contributed by atoms with E-state index in [1.807, 2.05) is 0 Å². The van der Waals surface area contributed by atoms with E-state index in [-0.39, 0.29) is 0 Å². The first-order chi connectivity index (χ1) is 5.76. The second-order valence-corrected chi connectivity index (χ2v) is 2.81. The van der Waals surface area contributed by atoms with Crippen LogP contribution in [0.2, 0.25) is 0 Å². The number of rotatable bonds is 2. The molecule has 0 saturated carbocycles. The third-order valence-corrected chi connectivity index (χ3v) is 1.62. The van der Waals surface area contributed by atoms with E-state index in [0.29, 0.717) is 16.0 Å². The normalized spacial score (nSPS) is 10.5. The maximum Gasteiger partial charge on any atom is 0.123 e. The van der Waals surface area contributed by atoms with Crippen molar-refractivity contribution in [1.82, 2.24) is 4.98 Å². The molecule has 0 bridgehead atoms. The molecule has 1 heterocycles. The molecule has 0 amide bonds. The molecule has 0 radical (unpaired) electrons. The summed E-state index contributed by atoms with van der Waals surface area (Å²) in [5.74, 6) is 0.659. The fourth-order valence-electron chi connectivity index (χ4n) is 0.736. The Balaban J connectivity index is 3.06. The van der Waals surface area contributed by atoms with Gasteiger partial charge in [-0.25, -0.2) is 4.98 Å². The molecule has 0 spiro atoms. The van der Waals surface area contributed by atoms with Crippen molar-refractivity contribution in [2.45, 2.75) is 0 Å². The number of pyridine rings is 1. The van der Waals surface area contributed by atoms with Gasteiger partial charge in [-0.2, -0.15) is 0 Å². The highest BCUT2D eigenvalue weighted by Crippen LogP contribution is 2.16. The lowest BCUT2D eigenvalue weighted by molar-refractivity contribution is 0.321. The molecular weight excluding hydrogens is 224 g/mol. The highest BCUT2D eigenvalue weighted by atomic mass is 79.9. The second kappa shape index (κ2) is 4.06. The minimum atomic E-state index is 0.531. The minimum absolute atomic E-state index is 0.531. The van der Waals surface area contributed by atoms with Gasteiger partial charge in [-0.1, -0.05) is 5.16 Å². The molecule has 0 fully saturated rings. The maximum atomic E-state index is 8.25. The second-order valence-electron chi connectivity index (χ2n) is 2.00. The Bertz CT molecular complexity index is 301. The third kappa shape index (κ3) is 2.20. The van der Waals surface area contributed by atoms with E-state index in [1.54, 1.807) is 19.2 Å². The summed E-state index contributed by atoms with van der Waals surface area (Å²) in [6.07, 6.45) is 1.23. The van der Waals surface area contributed by atoms with Gasteiger partial charge in [0.25, 0.3) is 0 Å². The van der Waals surface area contributed by atoms with Gasteiger partial charge >= 0.3 is 0 Å². The summed E-state index contributed by atoms with van der Waals surface area (Å²) in [4.78, 5) is 4.00. The number of hydrogen-bond acceptors (Lipinski definition) is 4. The smallest absolute Gasteiger partial charge is 0.123 e. The van der Waals surface area contributed by atoms with Crippen molar-refractivity contribution in [3.05, 3.63) is 22.4 Å². The average molecular weight is 231 g/mol. The molecule has 0 aliphatic carbocycles. The lowest BCUT2D eigenvalue weighted by Gasteiger charge is -2.00. The Morgan fingerprint density at radius 3 is 3.00 bits per heavy atom. The van der Waals surface area contributed by atoms with Crippen LogP contribution in [0.25, 0.3) is 0 Å². The zero-order valence-corrected chi connectivity index (χ0v) is 7.95. The summed E-state index contributed by atoms with van der Waals surface area (Å²) < 4.78 is 5.60. The van der Waals surface area contributed by atoms with E-state index in [4.69, 9.17) is 9.94 Å². The Labute approximate surface area is 78.0 Å². The molecule has 0 aliphatic rings. The SMILES string of the molecule is COc1cc(Br)nc(/C=N/O)c1. The molecule has 5 heteroatoms. The van der Waals surface area contributed by atoms with Crippen molar-refractivity contribution >= 4 is 22.1 Å². The predicted octanol–water partition coefficient (Wildman–Crippen LogP) is 1.66. The predicted molar refractivity (Wildman–Crippen MR) is 47.9 cm³/mol. The van der Waals surface area contributed by atoms with Gasteiger partial charge in [-0.05, 0) is 15.9 Å². The molecule has 1 rings (SSSR count). The van der Waals surface area contributed by atoms with Gasteiger partial charge in [0.1, 0.15) is 10.4 Å². The third-order valence-electron chi connectivity index (χ3n) is 1.21. The summed E-state index contributed by atoms with van der Waals surface area (Å²) >= 11 is 3.19. The zero-order valence-electron chi connectivity index (χ0n) is 6.36. The van der Waals surface area contributed by atoms with Crippen LogP contribution in [-0.2, 0) is 0 Å². The van der Waals surface area contributed by atoms with Crippen molar-refractivity contribution in [2.75, 3.05) is 7.11 Å². The number of aromatic nitrogens is 1. The van der Waals surface area contributed by atoms with E-state index < -0.39 is 0 Å². The molecule has 12 heavy (non-hydrogen) atoms. The Kier molecular flexibility index (Phi) is 3.04. The molecule has 0 unspecified atom stereocenters. The van der Waals surface area contributed by atoms with E-state index >= 15 is 0 Å². The van der Waals surface area contributed by atoms with Crippen LogP contribution in [0.4, 0.5) is 0 Å². The van der Waals surface area contributed by atoms with Gasteiger partial charge in [0, 0.05) is 12.1 Å². The van der Waals surface area contributed by atoms with Crippen LogP contribution < -0.4 is 4.74 Å². The highest BCUT2D eigenvalue weighted by Gasteiger charge is 1.98. The molecular formula is C7H7BrN2O2. The Morgan fingerprint density at radius 1 is 1.67 bits per heavy atom. The van der Waals surface area contributed by atoms with Gasteiger partial charge in [-0.3, -0.25) is 0 Å². The number of nitrogens with zero attached hydrogens (tertiary/aromatic N) is 2. The average Bonchev–Trinajstić information content (AvgIpc) is 2.04. The number of methoxy groups -OCH3 is 1. The molecule has 1 aromatic heterocycles. The Hall–Kier alpha value is -1.10. The minimum Gasteiger partial charge on any atom is -0.497 e. The van der Waals surface area contributed by atoms with Gasteiger partial charge in [0.2, 0.25) is 0 Å². The summed E-state index contributed by atoms with van der Waals surface area (Å²) in [7, 11) is 1.56. The molecule has 0 aliphatic heterocycles. The molecule has 0 atom stereocenters. The lowest BCUT2D eigenvalue weighted by atomic mass is 10.3. The summed E-state index contributed by atoms with van der Waals surface area (Å²) in [6, 6.07) is 3.37. The number of oxime groups is 1. The fourth-order valence-corrected chi connectivity index (χ4v) is 1.17. The molecule has 0 aromatic carbocycles. The van der Waals surface area contributed by atoms with E-state index in [1.165, 1.54) is 6.21 Å². The van der Waals surface area contributed by atoms with Crippen LogP contribution in [0.1, 0.15) is 5.69 Å². The monoisotopic (exact) mass is 230 g/mol. The van der Waals surface area contributed by atoms with Crippen molar-refractivity contribution in [1.29, 1.82) is 0 Å². The summed E-state index contributed by atoms with van der Waals surface area (Å²) in [6.45, 7) is 0. The van der Waals surface area contributed by atoms with E-state index in [9.17, 15) is 0 Å². The van der Waals surface area contributed by atoms with Gasteiger partial charge in [-0.15, -0.1) is 0 Å². The van der Waals surface area contributed by atoms with Crippen LogP contribution in [-0.4, -0.2) is 23.5 Å². The summed E-state index contributed by atoms with van der Waals surface area (Å²) in [5, 5.41) is 11.1. The van der Waals surface area contributed by atoms with Crippen molar-refractivity contribution < 1.29 is 9.94 Å². The van der Waals surface area contributed by atoms with Crippen molar-refractivity contribution in [3.8, 4) is 5.75 Å². The highest BCUT2D eigenvalue weighted by molar-refractivity contribution is 9.10. The molecule has 1 N–H and O–H groups in total. The lowest BCUT2D eigenvalue weighted by Crippen LogP contribution is -1.91. The zero-order chi connectivity index (χ0) is 8.97. The first-order valence-electron chi connectivity index (χ1n) is 3.15. The fraction of sp³-hybridized carbons (Fsp3) is 0.143. The number of ether oxygens (including phenoxy) is 1. The molecule has 1 aromatic rings. The van der Waals surface area contributed by atoms with Crippen LogP contribution in [0.15, 0.2) is 21.9 Å². The van der Waals surface area contributed by atoms with E-state index in [0.717, 1.165) is 0 Å². The van der Waals surface area contributed by atoms with Crippen LogP contribution in [0.5, 0.6) is 5.75 Å². The van der Waals surface area contributed by atoms with Crippen molar-refractivity contribution in [2.24, 2.45) is 5.16 Å². The first-order valence-corrected chi connectivity index (χ1v) is 3.94. The van der Waals surface area contributed by atoms with Crippen molar-refractivity contribution in [3.63, 3.8) is 0 Å². The molecule has 64 valence electrons. The first kappa shape index (κ1) is 8.99. The van der Waals surface area contributed by atoms with Crippen LogP contribution >= 0.6 is 15.9 Å². The topological polar surface area (TPSA) is 54.7 Å². The number of hydrogen-bond donors (Lipinski definition) is 1. The van der Waals surface area contributed by atoms with Gasteiger partial charge in [0.15, 0.2) is 0 Å². The number of halogens is 1. The molecule has 4 nitrogen and oxygen atoms in total. The quantitative estimate of drug-likeness (QED) is 0.364. The summed E-state index contributed by atoms with van der Waals surface area (Å²) in [5.41, 5.74) is 0.531.